The third-order valence-electron chi connectivity index (χ3n) is 5.45. The molecule has 32 heavy (non-hydrogen) atoms. The Labute approximate surface area is 208 Å². The lowest BCUT2D eigenvalue weighted by atomic mass is 10.1. The lowest BCUT2D eigenvalue weighted by Crippen LogP contribution is -2.43. The van der Waals surface area contributed by atoms with Crippen LogP contribution in [0.1, 0.15) is 36.1 Å². The Morgan fingerprint density at radius 1 is 1.06 bits per heavy atom. The smallest absolute Gasteiger partial charge is 0.241 e. The molecule has 1 aromatic heterocycles. The van der Waals surface area contributed by atoms with E-state index in [1.807, 2.05) is 12.1 Å². The second kappa shape index (κ2) is 14.2. The number of furan rings is 1. The van der Waals surface area contributed by atoms with E-state index in [0.29, 0.717) is 19.0 Å². The fraction of sp³-hybridized carbons (Fsp3) is 0.500. The highest BCUT2D eigenvalue weighted by atomic mass is 127. The standard InChI is InChI=1S/C24H35N5O2.HI/c1-28(2)23(30)18-27-24(25-13-12-22-7-6-16-31-22)26-17-20-8-10-21(11-9-20)19-29-14-4-3-5-15-29;/h6-11,16H,3-5,12-15,17-19H2,1-2H3,(H2,25,26,27);1H. The molecule has 1 aliphatic heterocycles. The summed E-state index contributed by atoms with van der Waals surface area (Å²) >= 11 is 0. The van der Waals surface area contributed by atoms with Crippen molar-refractivity contribution in [2.45, 2.75) is 38.8 Å². The second-order valence-corrected chi connectivity index (χ2v) is 8.22. The molecule has 0 unspecified atom stereocenters. The largest absolute Gasteiger partial charge is 0.469 e. The van der Waals surface area contributed by atoms with Crippen LogP contribution in [0.2, 0.25) is 0 Å². The number of halogens is 1. The van der Waals surface area contributed by atoms with Gasteiger partial charge >= 0.3 is 0 Å². The molecule has 1 fully saturated rings. The zero-order valence-corrected chi connectivity index (χ0v) is 21.5. The van der Waals surface area contributed by atoms with Crippen molar-refractivity contribution in [3.05, 3.63) is 59.5 Å². The van der Waals surface area contributed by atoms with Crippen molar-refractivity contribution >= 4 is 35.8 Å². The minimum atomic E-state index is 0. The number of rotatable bonds is 9. The Morgan fingerprint density at radius 2 is 1.78 bits per heavy atom. The zero-order chi connectivity index (χ0) is 21.9. The third-order valence-corrected chi connectivity index (χ3v) is 5.45. The predicted molar refractivity (Wildman–Crippen MR) is 139 cm³/mol. The number of carbonyl (C=O) groups excluding carboxylic acids is 1. The van der Waals surface area contributed by atoms with E-state index in [1.54, 1.807) is 25.3 Å². The van der Waals surface area contributed by atoms with Crippen molar-refractivity contribution in [1.82, 2.24) is 20.4 Å². The Hall–Kier alpha value is -2.07. The minimum absolute atomic E-state index is 0. The summed E-state index contributed by atoms with van der Waals surface area (Å²) < 4.78 is 5.38. The molecule has 3 rings (SSSR count). The first-order valence-corrected chi connectivity index (χ1v) is 11.1. The van der Waals surface area contributed by atoms with E-state index in [-0.39, 0.29) is 36.4 Å². The van der Waals surface area contributed by atoms with Crippen molar-refractivity contribution in [2.24, 2.45) is 4.99 Å². The van der Waals surface area contributed by atoms with Crippen molar-refractivity contribution in [3.63, 3.8) is 0 Å². The molecule has 2 heterocycles. The first-order chi connectivity index (χ1) is 15.1. The Balaban J connectivity index is 0.00000363. The number of likely N-dealkylation sites (tertiary alicyclic amines) is 1. The van der Waals surface area contributed by atoms with Gasteiger partial charge in [-0.2, -0.15) is 0 Å². The van der Waals surface area contributed by atoms with Crippen LogP contribution in [0.15, 0.2) is 52.1 Å². The average Bonchev–Trinajstić information content (AvgIpc) is 3.30. The predicted octanol–water partition coefficient (Wildman–Crippen LogP) is 3.25. The van der Waals surface area contributed by atoms with Crippen LogP contribution in [0, 0.1) is 0 Å². The van der Waals surface area contributed by atoms with Gasteiger partial charge in [0.2, 0.25) is 5.91 Å². The van der Waals surface area contributed by atoms with Crippen LogP contribution in [-0.2, 0) is 24.3 Å². The van der Waals surface area contributed by atoms with E-state index in [0.717, 1.165) is 24.3 Å². The number of hydrogen-bond acceptors (Lipinski definition) is 4. The molecule has 2 N–H and O–H groups in total. The van der Waals surface area contributed by atoms with Crippen LogP contribution in [0.3, 0.4) is 0 Å². The van der Waals surface area contributed by atoms with Gasteiger partial charge in [0, 0.05) is 33.6 Å². The SMILES string of the molecule is CN(C)C(=O)CNC(=NCc1ccc(CN2CCCCC2)cc1)NCCc1ccco1.I. The van der Waals surface area contributed by atoms with Crippen molar-refractivity contribution in [2.75, 3.05) is 40.3 Å². The molecule has 0 spiro atoms. The van der Waals surface area contributed by atoms with Gasteiger partial charge in [-0.15, -0.1) is 24.0 Å². The summed E-state index contributed by atoms with van der Waals surface area (Å²) in [4.78, 5) is 20.7. The maximum Gasteiger partial charge on any atom is 0.241 e. The molecular weight excluding hydrogens is 517 g/mol. The summed E-state index contributed by atoms with van der Waals surface area (Å²) in [6.07, 6.45) is 6.41. The molecule has 1 amide bonds. The highest BCUT2D eigenvalue weighted by Crippen LogP contribution is 2.14. The van der Waals surface area contributed by atoms with Gasteiger partial charge < -0.3 is 20.0 Å². The summed E-state index contributed by atoms with van der Waals surface area (Å²) in [5, 5.41) is 6.42. The van der Waals surface area contributed by atoms with Gasteiger partial charge in [0.15, 0.2) is 5.96 Å². The van der Waals surface area contributed by atoms with Gasteiger partial charge in [-0.05, 0) is 49.2 Å². The molecule has 176 valence electrons. The Morgan fingerprint density at radius 3 is 2.44 bits per heavy atom. The number of nitrogens with zero attached hydrogens (tertiary/aromatic N) is 3. The first-order valence-electron chi connectivity index (χ1n) is 11.1. The average molecular weight is 553 g/mol. The van der Waals surface area contributed by atoms with Gasteiger partial charge in [0.1, 0.15) is 5.76 Å². The topological polar surface area (TPSA) is 73.1 Å². The maximum absolute atomic E-state index is 11.9. The lowest BCUT2D eigenvalue weighted by Gasteiger charge is -2.26. The molecule has 0 radical (unpaired) electrons. The molecule has 8 heteroatoms. The van der Waals surface area contributed by atoms with Crippen LogP contribution in [0.4, 0.5) is 0 Å². The van der Waals surface area contributed by atoms with Crippen LogP contribution < -0.4 is 10.6 Å². The fourth-order valence-corrected chi connectivity index (χ4v) is 3.55. The number of aliphatic imine (C=N–C) groups is 1. The van der Waals surface area contributed by atoms with Crippen molar-refractivity contribution < 1.29 is 9.21 Å². The Bertz CT molecular complexity index is 815. The lowest BCUT2D eigenvalue weighted by molar-refractivity contribution is -0.127. The summed E-state index contributed by atoms with van der Waals surface area (Å²) in [7, 11) is 3.49. The number of carbonyl (C=O) groups is 1. The molecule has 2 aromatic rings. The van der Waals surface area contributed by atoms with Crippen LogP contribution in [-0.4, -0.2) is 61.9 Å². The summed E-state index contributed by atoms with van der Waals surface area (Å²) in [6, 6.07) is 12.5. The van der Waals surface area contributed by atoms with Crippen molar-refractivity contribution in [3.8, 4) is 0 Å². The molecule has 1 aliphatic rings. The molecule has 0 aliphatic carbocycles. The van der Waals surface area contributed by atoms with Crippen LogP contribution >= 0.6 is 24.0 Å². The Kier molecular flexibility index (Phi) is 11.6. The minimum Gasteiger partial charge on any atom is -0.469 e. The van der Waals surface area contributed by atoms with Gasteiger partial charge in [-0.25, -0.2) is 4.99 Å². The zero-order valence-electron chi connectivity index (χ0n) is 19.2. The number of likely N-dealkylation sites (N-methyl/N-ethyl adjacent to an activating group) is 1. The third kappa shape index (κ3) is 9.20. The van der Waals surface area contributed by atoms with Gasteiger partial charge in [-0.1, -0.05) is 30.7 Å². The second-order valence-electron chi connectivity index (χ2n) is 8.22. The van der Waals surface area contributed by atoms with E-state index < -0.39 is 0 Å². The molecular formula is C24H36IN5O2. The highest BCUT2D eigenvalue weighted by Gasteiger charge is 2.10. The molecule has 0 atom stereocenters. The highest BCUT2D eigenvalue weighted by molar-refractivity contribution is 14.0. The quantitative estimate of drug-likeness (QED) is 0.284. The van der Waals surface area contributed by atoms with Crippen LogP contribution in [0.25, 0.3) is 0 Å². The van der Waals surface area contributed by atoms with E-state index in [2.05, 4.69) is 44.8 Å². The summed E-state index contributed by atoms with van der Waals surface area (Å²) in [6.45, 7) is 4.86. The molecule has 7 nitrogen and oxygen atoms in total. The van der Waals surface area contributed by atoms with Crippen molar-refractivity contribution in [1.29, 1.82) is 0 Å². The monoisotopic (exact) mass is 553 g/mol. The van der Waals surface area contributed by atoms with E-state index in [9.17, 15) is 4.79 Å². The molecule has 1 saturated heterocycles. The first kappa shape index (κ1) is 26.2. The van der Waals surface area contributed by atoms with Gasteiger partial charge in [0.25, 0.3) is 0 Å². The maximum atomic E-state index is 11.9. The fourth-order valence-electron chi connectivity index (χ4n) is 3.55. The van der Waals surface area contributed by atoms with Crippen LogP contribution in [0.5, 0.6) is 0 Å². The summed E-state index contributed by atoms with van der Waals surface area (Å²) in [5.41, 5.74) is 2.49. The van der Waals surface area contributed by atoms with E-state index in [4.69, 9.17) is 4.42 Å². The molecule has 0 bridgehead atoms. The number of guanidine groups is 1. The number of hydrogen-bond donors (Lipinski definition) is 2. The number of amides is 1. The number of piperidine rings is 1. The number of nitrogens with one attached hydrogen (secondary N) is 2. The van der Waals surface area contributed by atoms with E-state index >= 15 is 0 Å². The van der Waals surface area contributed by atoms with E-state index in [1.165, 1.54) is 37.9 Å². The molecule has 0 saturated carbocycles. The number of benzene rings is 1. The normalized spacial score (nSPS) is 14.5. The van der Waals surface area contributed by atoms with Gasteiger partial charge in [-0.3, -0.25) is 9.69 Å². The summed E-state index contributed by atoms with van der Waals surface area (Å²) in [5.74, 6) is 1.54. The molecule has 1 aromatic carbocycles. The van der Waals surface area contributed by atoms with Gasteiger partial charge in [0.05, 0.1) is 19.4 Å².